The number of hydrogen-bond acceptors (Lipinski definition) is 9. The molecule has 156 valence electrons. The molecule has 11 N–H and O–H groups in total. The maximum atomic E-state index is 12.2. The van der Waals surface area contributed by atoms with Crippen LogP contribution in [-0.4, -0.2) is 57.8 Å². The van der Waals surface area contributed by atoms with Crippen molar-refractivity contribution in [3.05, 3.63) is 0 Å². The molecule has 2 saturated heterocycles. The highest BCUT2D eigenvalue weighted by molar-refractivity contribution is 6.45. The molecule has 0 aromatic carbocycles. The second kappa shape index (κ2) is 6.92. The molecule has 2 heterocycles. The quantitative estimate of drug-likeness (QED) is 0.141. The Labute approximate surface area is 161 Å². The lowest BCUT2D eigenvalue weighted by Gasteiger charge is -2.58. The van der Waals surface area contributed by atoms with Crippen LogP contribution in [0.1, 0.15) is 53.4 Å². The Balaban J connectivity index is 2.04. The van der Waals surface area contributed by atoms with Crippen LogP contribution in [0.25, 0.3) is 0 Å². The molecule has 0 bridgehead atoms. The van der Waals surface area contributed by atoms with Gasteiger partial charge >= 0.3 is 13.1 Å². The van der Waals surface area contributed by atoms with Crippen LogP contribution in [0.5, 0.6) is 0 Å². The van der Waals surface area contributed by atoms with Crippen molar-refractivity contribution in [3.8, 4) is 0 Å². The molecular weight excluding hydrogens is 351 g/mol. The van der Waals surface area contributed by atoms with E-state index in [1.54, 1.807) is 0 Å². The summed E-state index contributed by atoms with van der Waals surface area (Å²) < 4.78 is 11.9. The molecule has 0 aromatic heterocycles. The largest absolute Gasteiger partial charge is 0.480 e. The van der Waals surface area contributed by atoms with Gasteiger partial charge < -0.3 is 37.3 Å². The Morgan fingerprint density at radius 2 is 1.59 bits per heavy atom. The van der Waals surface area contributed by atoms with Crippen LogP contribution in [0, 0.1) is 0 Å². The Morgan fingerprint density at radius 1 is 1.07 bits per heavy atom. The molecule has 27 heavy (non-hydrogen) atoms. The number of unbranched alkanes of at least 4 members (excludes halogenated alkanes) is 1. The summed E-state index contributed by atoms with van der Waals surface area (Å²) in [5.74, 6) is 4.79. The van der Waals surface area contributed by atoms with Crippen molar-refractivity contribution in [2.75, 3.05) is 6.54 Å². The maximum absolute atomic E-state index is 12.2. The number of nitrogens with two attached hydrogens (primary N) is 5. The van der Waals surface area contributed by atoms with E-state index in [4.69, 9.17) is 38.1 Å². The first-order chi connectivity index (χ1) is 12.1. The number of rotatable bonds is 6. The predicted octanol–water partition coefficient (Wildman–Crippen LogP) is -1.12. The lowest BCUT2D eigenvalue weighted by Crippen LogP contribution is -2.92. The fraction of sp³-hybridized carbons (Fsp3) is 0.938. The second-order valence-corrected chi connectivity index (χ2v) is 8.95. The van der Waals surface area contributed by atoms with E-state index in [1.807, 2.05) is 27.7 Å². The molecule has 0 aromatic rings. The highest BCUT2D eigenvalue weighted by Crippen LogP contribution is 2.40. The Bertz CT molecular complexity index is 569. The van der Waals surface area contributed by atoms with E-state index in [0.717, 1.165) is 0 Å². The monoisotopic (exact) mass is 386 g/mol. The van der Waals surface area contributed by atoms with Crippen molar-refractivity contribution in [2.45, 2.75) is 87.8 Å². The van der Waals surface area contributed by atoms with Gasteiger partial charge in [0.15, 0.2) is 5.54 Å². The molecule has 2 fully saturated rings. The lowest BCUT2D eigenvalue weighted by molar-refractivity contribution is -0.168. The minimum Gasteiger partial charge on any atom is -0.480 e. The zero-order valence-corrected chi connectivity index (χ0v) is 16.8. The van der Waals surface area contributed by atoms with Crippen molar-refractivity contribution >= 4 is 13.1 Å². The SMILES string of the molecule is CC1(C)OB(CCCCC2(C(=O)O)N(N)CCC(N)(N)C2(N)N)OC1(C)C. The van der Waals surface area contributed by atoms with Crippen LogP contribution in [0.3, 0.4) is 0 Å². The van der Waals surface area contributed by atoms with Gasteiger partial charge in [0.25, 0.3) is 0 Å². The van der Waals surface area contributed by atoms with Crippen LogP contribution in [0.4, 0.5) is 0 Å². The molecule has 2 aliphatic heterocycles. The number of piperidine rings is 1. The summed E-state index contributed by atoms with van der Waals surface area (Å²) in [6, 6.07) is 0. The topological polar surface area (TPSA) is 189 Å². The fourth-order valence-electron chi connectivity index (χ4n) is 3.86. The van der Waals surface area contributed by atoms with Crippen LogP contribution < -0.4 is 28.8 Å². The summed E-state index contributed by atoms with van der Waals surface area (Å²) in [4.78, 5) is 12.2. The second-order valence-electron chi connectivity index (χ2n) is 8.95. The Morgan fingerprint density at radius 3 is 2.07 bits per heavy atom. The van der Waals surface area contributed by atoms with Gasteiger partial charge in [0, 0.05) is 6.54 Å². The first-order valence-electron chi connectivity index (χ1n) is 9.38. The molecule has 1 unspecified atom stereocenters. The Kier molecular flexibility index (Phi) is 5.77. The number of hydrazine groups is 1. The van der Waals surface area contributed by atoms with Gasteiger partial charge in [-0.05, 0) is 46.9 Å². The minimum absolute atomic E-state index is 0.113. The molecule has 0 radical (unpaired) electrons. The standard InChI is InChI=1S/C16H35BN6O4/c1-12(2)13(3,4)27-17(26-12)9-6-5-7-14(11(24)25)16(20,21)15(18,19)8-10-23(14)22/h5-10,18-22H2,1-4H3,(H,24,25). The van der Waals surface area contributed by atoms with Gasteiger partial charge in [-0.25, -0.2) is 5.01 Å². The Hall–Kier alpha value is -0.785. The maximum Gasteiger partial charge on any atom is 0.457 e. The number of carboxylic acid groups (broad SMARTS) is 1. The average molecular weight is 386 g/mol. The lowest BCUT2D eigenvalue weighted by atomic mass is 9.68. The summed E-state index contributed by atoms with van der Waals surface area (Å²) in [7, 11) is -0.347. The number of nitrogens with zero attached hydrogens (tertiary/aromatic N) is 1. The summed E-state index contributed by atoms with van der Waals surface area (Å²) in [5.41, 5.74) is 18.4. The third-order valence-corrected chi connectivity index (χ3v) is 6.60. The highest BCUT2D eigenvalue weighted by atomic mass is 16.7. The van der Waals surface area contributed by atoms with Crippen molar-refractivity contribution in [3.63, 3.8) is 0 Å². The average Bonchev–Trinajstić information content (AvgIpc) is 2.70. The zero-order valence-electron chi connectivity index (χ0n) is 16.8. The third-order valence-electron chi connectivity index (χ3n) is 6.60. The summed E-state index contributed by atoms with van der Waals surface area (Å²) >= 11 is 0. The van der Waals surface area contributed by atoms with Crippen LogP contribution in [0.15, 0.2) is 0 Å². The molecule has 0 saturated carbocycles. The molecule has 10 nitrogen and oxygen atoms in total. The number of aliphatic carboxylic acids is 1. The zero-order chi connectivity index (χ0) is 20.9. The summed E-state index contributed by atoms with van der Waals surface area (Å²) in [5, 5.41) is 11.1. The van der Waals surface area contributed by atoms with Gasteiger partial charge in [-0.15, -0.1) is 0 Å². The van der Waals surface area contributed by atoms with Crippen molar-refractivity contribution in [1.82, 2.24) is 5.01 Å². The van der Waals surface area contributed by atoms with Crippen molar-refractivity contribution < 1.29 is 19.2 Å². The molecule has 0 amide bonds. The first kappa shape index (κ1) is 22.5. The van der Waals surface area contributed by atoms with Gasteiger partial charge in [0.2, 0.25) is 0 Å². The van der Waals surface area contributed by atoms with E-state index < -0.39 is 34.0 Å². The third kappa shape index (κ3) is 3.51. The van der Waals surface area contributed by atoms with Gasteiger partial charge in [0.1, 0.15) is 5.66 Å². The highest BCUT2D eigenvalue weighted by Gasteiger charge is 2.65. The van der Waals surface area contributed by atoms with Crippen molar-refractivity contribution in [2.24, 2.45) is 28.8 Å². The first-order valence-corrected chi connectivity index (χ1v) is 9.38. The number of carbonyl (C=O) groups is 1. The number of hydrogen-bond donors (Lipinski definition) is 6. The number of carboxylic acids is 1. The summed E-state index contributed by atoms with van der Waals surface area (Å²) in [6.45, 7) is 8.13. The molecular formula is C16H35BN6O4. The molecule has 1 atom stereocenters. The molecule has 11 heteroatoms. The van der Waals surface area contributed by atoms with E-state index in [9.17, 15) is 9.90 Å². The molecule has 2 aliphatic rings. The minimum atomic E-state index is -1.90. The molecule has 0 aliphatic carbocycles. The molecule has 0 spiro atoms. The smallest absolute Gasteiger partial charge is 0.457 e. The van der Waals surface area contributed by atoms with Gasteiger partial charge in [-0.3, -0.25) is 10.6 Å². The van der Waals surface area contributed by atoms with Gasteiger partial charge in [-0.2, -0.15) is 0 Å². The van der Waals surface area contributed by atoms with E-state index in [1.165, 1.54) is 5.01 Å². The van der Waals surface area contributed by atoms with E-state index in [0.29, 0.717) is 19.2 Å². The van der Waals surface area contributed by atoms with E-state index >= 15 is 0 Å². The van der Waals surface area contributed by atoms with E-state index in [2.05, 4.69) is 0 Å². The fourth-order valence-corrected chi connectivity index (χ4v) is 3.86. The van der Waals surface area contributed by atoms with Gasteiger partial charge in [-0.1, -0.05) is 12.8 Å². The predicted molar refractivity (Wildman–Crippen MR) is 103 cm³/mol. The van der Waals surface area contributed by atoms with E-state index in [-0.39, 0.29) is 26.5 Å². The van der Waals surface area contributed by atoms with Crippen LogP contribution in [-0.2, 0) is 14.1 Å². The van der Waals surface area contributed by atoms with Gasteiger partial charge in [0.05, 0.1) is 16.9 Å². The summed E-state index contributed by atoms with van der Waals surface area (Å²) in [6.07, 6.45) is 2.07. The molecule has 2 rings (SSSR count). The van der Waals surface area contributed by atoms with Crippen LogP contribution >= 0.6 is 0 Å². The van der Waals surface area contributed by atoms with Crippen molar-refractivity contribution in [1.29, 1.82) is 0 Å². The van der Waals surface area contributed by atoms with Crippen LogP contribution in [0.2, 0.25) is 6.32 Å². The normalized spacial score (nSPS) is 31.8.